The molecule has 0 amide bonds. The Morgan fingerprint density at radius 1 is 1.36 bits per heavy atom. The van der Waals surface area contributed by atoms with Gasteiger partial charge in [-0.15, -0.1) is 0 Å². The summed E-state index contributed by atoms with van der Waals surface area (Å²) in [6, 6.07) is 8.08. The Hall–Kier alpha value is -0.620. The molecule has 14 heavy (non-hydrogen) atoms. The van der Waals surface area contributed by atoms with Crippen LogP contribution in [0.4, 0.5) is 0 Å². The van der Waals surface area contributed by atoms with Gasteiger partial charge in [-0.1, -0.05) is 12.1 Å². The molecule has 0 unspecified atom stereocenters. The molecule has 0 saturated carbocycles. The van der Waals surface area contributed by atoms with E-state index >= 15 is 0 Å². The van der Waals surface area contributed by atoms with Crippen LogP contribution in [0.25, 0.3) is 0 Å². The van der Waals surface area contributed by atoms with E-state index in [1.165, 1.54) is 3.57 Å². The van der Waals surface area contributed by atoms with Gasteiger partial charge >= 0.3 is 5.97 Å². The molecule has 1 N–H and O–H groups in total. The first-order valence-electron chi connectivity index (χ1n) is 4.22. The second-order valence-electron chi connectivity index (χ2n) is 2.82. The number of carboxylic acids is 1. The lowest BCUT2D eigenvalue weighted by Gasteiger charge is -2.01. The van der Waals surface area contributed by atoms with Crippen LogP contribution >= 0.6 is 22.6 Å². The van der Waals surface area contributed by atoms with E-state index in [1.807, 2.05) is 24.3 Å². The van der Waals surface area contributed by atoms with E-state index in [2.05, 4.69) is 22.6 Å². The van der Waals surface area contributed by atoms with Gasteiger partial charge in [-0.25, -0.2) is 4.79 Å². The van der Waals surface area contributed by atoms with Crippen molar-refractivity contribution in [2.24, 2.45) is 0 Å². The standard InChI is InChI=1S/C10H11IO3/c11-9-3-1-8(2-4-9)5-6-14-7-10(12)13/h1-4H,5-7H2,(H,12,13). The zero-order chi connectivity index (χ0) is 10.4. The first-order valence-corrected chi connectivity index (χ1v) is 5.30. The van der Waals surface area contributed by atoms with E-state index < -0.39 is 5.97 Å². The van der Waals surface area contributed by atoms with Gasteiger partial charge in [0.25, 0.3) is 0 Å². The number of benzene rings is 1. The summed E-state index contributed by atoms with van der Waals surface area (Å²) in [5.74, 6) is -0.924. The second kappa shape index (κ2) is 5.98. The van der Waals surface area contributed by atoms with E-state index in [1.54, 1.807) is 0 Å². The van der Waals surface area contributed by atoms with Crippen molar-refractivity contribution >= 4 is 28.6 Å². The van der Waals surface area contributed by atoms with Gasteiger partial charge in [0.1, 0.15) is 6.61 Å². The number of rotatable bonds is 5. The summed E-state index contributed by atoms with van der Waals surface area (Å²) in [7, 11) is 0. The van der Waals surface area contributed by atoms with Crippen molar-refractivity contribution < 1.29 is 14.6 Å². The van der Waals surface area contributed by atoms with Crippen LogP contribution in [0.5, 0.6) is 0 Å². The summed E-state index contributed by atoms with van der Waals surface area (Å²) >= 11 is 2.24. The smallest absolute Gasteiger partial charge is 0.329 e. The molecule has 1 aromatic rings. The number of halogens is 1. The molecule has 0 saturated heterocycles. The number of ether oxygens (including phenoxy) is 1. The fourth-order valence-electron chi connectivity index (χ4n) is 1.00. The van der Waals surface area contributed by atoms with Gasteiger partial charge in [0.15, 0.2) is 0 Å². The molecule has 3 nitrogen and oxygen atoms in total. The average molecular weight is 306 g/mol. The van der Waals surface area contributed by atoms with Gasteiger partial charge in [-0.3, -0.25) is 0 Å². The highest BCUT2D eigenvalue weighted by Crippen LogP contribution is 2.07. The minimum atomic E-state index is -0.924. The molecule has 0 radical (unpaired) electrons. The van der Waals surface area contributed by atoms with Crippen molar-refractivity contribution in [3.63, 3.8) is 0 Å². The predicted molar refractivity (Wildman–Crippen MR) is 61.3 cm³/mol. The van der Waals surface area contributed by atoms with Crippen LogP contribution < -0.4 is 0 Å². The van der Waals surface area contributed by atoms with Gasteiger partial charge in [0, 0.05) is 3.57 Å². The largest absolute Gasteiger partial charge is 0.480 e. The molecule has 0 aromatic heterocycles. The lowest BCUT2D eigenvalue weighted by Crippen LogP contribution is -2.08. The average Bonchev–Trinajstić information content (AvgIpc) is 2.15. The monoisotopic (exact) mass is 306 g/mol. The maximum atomic E-state index is 10.1. The number of carbonyl (C=O) groups is 1. The van der Waals surface area contributed by atoms with E-state index in [-0.39, 0.29) is 6.61 Å². The summed E-state index contributed by atoms with van der Waals surface area (Å²) < 4.78 is 6.12. The van der Waals surface area contributed by atoms with Gasteiger partial charge in [-0.05, 0) is 46.7 Å². The maximum Gasteiger partial charge on any atom is 0.329 e. The van der Waals surface area contributed by atoms with Crippen LogP contribution in [0.15, 0.2) is 24.3 Å². The number of carboxylic acid groups (broad SMARTS) is 1. The van der Waals surface area contributed by atoms with Crippen LogP contribution in [0.3, 0.4) is 0 Å². The second-order valence-corrected chi connectivity index (χ2v) is 4.07. The third-order valence-electron chi connectivity index (χ3n) is 1.67. The van der Waals surface area contributed by atoms with Crippen molar-refractivity contribution in [1.29, 1.82) is 0 Å². The third-order valence-corrected chi connectivity index (χ3v) is 2.39. The molecule has 0 heterocycles. The Bertz CT molecular complexity index is 295. The Balaban J connectivity index is 2.25. The van der Waals surface area contributed by atoms with E-state index in [0.717, 1.165) is 12.0 Å². The Morgan fingerprint density at radius 2 is 2.00 bits per heavy atom. The SMILES string of the molecule is O=C(O)COCCc1ccc(I)cc1. The Morgan fingerprint density at radius 3 is 2.57 bits per heavy atom. The quantitative estimate of drug-likeness (QED) is 0.668. The highest BCUT2D eigenvalue weighted by molar-refractivity contribution is 14.1. The number of aliphatic carboxylic acids is 1. The van der Waals surface area contributed by atoms with E-state index in [9.17, 15) is 4.79 Å². The van der Waals surface area contributed by atoms with Crippen LogP contribution in [0.1, 0.15) is 5.56 Å². The molecule has 0 spiro atoms. The van der Waals surface area contributed by atoms with Gasteiger partial charge < -0.3 is 9.84 Å². The topological polar surface area (TPSA) is 46.5 Å². The normalized spacial score (nSPS) is 10.1. The lowest BCUT2D eigenvalue weighted by molar-refractivity contribution is -0.142. The summed E-state index contributed by atoms with van der Waals surface area (Å²) in [4.78, 5) is 10.1. The first kappa shape index (κ1) is 11.5. The first-order chi connectivity index (χ1) is 6.68. The fourth-order valence-corrected chi connectivity index (χ4v) is 1.36. The summed E-state index contributed by atoms with van der Waals surface area (Å²) in [6.45, 7) is 0.233. The van der Waals surface area contributed by atoms with E-state index in [0.29, 0.717) is 6.61 Å². The van der Waals surface area contributed by atoms with Gasteiger partial charge in [0.2, 0.25) is 0 Å². The molecular formula is C10H11IO3. The third kappa shape index (κ3) is 4.57. The molecule has 4 heteroatoms. The zero-order valence-electron chi connectivity index (χ0n) is 7.57. The van der Waals surface area contributed by atoms with Crippen molar-refractivity contribution in [1.82, 2.24) is 0 Å². The Kier molecular flexibility index (Phi) is 4.89. The molecule has 0 aliphatic rings. The fraction of sp³-hybridized carbons (Fsp3) is 0.300. The minimum Gasteiger partial charge on any atom is -0.480 e. The molecule has 1 aromatic carbocycles. The molecule has 0 aliphatic carbocycles. The maximum absolute atomic E-state index is 10.1. The van der Waals surface area contributed by atoms with Crippen molar-refractivity contribution in [3.05, 3.63) is 33.4 Å². The highest BCUT2D eigenvalue weighted by atomic mass is 127. The zero-order valence-corrected chi connectivity index (χ0v) is 9.73. The molecule has 76 valence electrons. The van der Waals surface area contributed by atoms with Crippen LogP contribution in [0, 0.1) is 3.57 Å². The summed E-state index contributed by atoms with van der Waals surface area (Å²) in [5.41, 5.74) is 1.16. The van der Waals surface area contributed by atoms with Crippen LogP contribution in [-0.4, -0.2) is 24.3 Å². The van der Waals surface area contributed by atoms with Crippen LogP contribution in [0.2, 0.25) is 0 Å². The van der Waals surface area contributed by atoms with Crippen molar-refractivity contribution in [2.75, 3.05) is 13.2 Å². The lowest BCUT2D eigenvalue weighted by atomic mass is 10.2. The molecule has 1 rings (SSSR count). The van der Waals surface area contributed by atoms with Crippen LogP contribution in [-0.2, 0) is 16.0 Å². The van der Waals surface area contributed by atoms with E-state index in [4.69, 9.17) is 9.84 Å². The Labute approximate surface area is 96.2 Å². The summed E-state index contributed by atoms with van der Waals surface area (Å²) in [5, 5.41) is 8.32. The number of hydrogen-bond donors (Lipinski definition) is 1. The van der Waals surface area contributed by atoms with Gasteiger partial charge in [-0.2, -0.15) is 0 Å². The molecule has 0 atom stereocenters. The minimum absolute atomic E-state index is 0.218. The molecular weight excluding hydrogens is 295 g/mol. The van der Waals surface area contributed by atoms with Crippen molar-refractivity contribution in [2.45, 2.75) is 6.42 Å². The molecule has 0 aliphatic heterocycles. The van der Waals surface area contributed by atoms with Crippen molar-refractivity contribution in [3.8, 4) is 0 Å². The summed E-state index contributed by atoms with van der Waals surface area (Å²) in [6.07, 6.45) is 0.754. The highest BCUT2D eigenvalue weighted by Gasteiger charge is 1.97. The molecule has 0 fully saturated rings. The molecule has 0 bridgehead atoms. The van der Waals surface area contributed by atoms with Gasteiger partial charge in [0.05, 0.1) is 6.61 Å². The predicted octanol–water partition coefficient (Wildman–Crippen LogP) is 1.93. The number of hydrogen-bond acceptors (Lipinski definition) is 2.